The molecule has 0 saturated carbocycles. The van der Waals surface area contributed by atoms with Gasteiger partial charge in [-0.3, -0.25) is 0 Å². The molecule has 0 fully saturated rings. The van der Waals surface area contributed by atoms with Crippen LogP contribution in [0.1, 0.15) is 18.1 Å². The lowest BCUT2D eigenvalue weighted by atomic mass is 10.1. The van der Waals surface area contributed by atoms with Crippen molar-refractivity contribution in [2.24, 2.45) is 0 Å². The predicted octanol–water partition coefficient (Wildman–Crippen LogP) is 3.42. The zero-order chi connectivity index (χ0) is 10.6. The molecule has 0 aliphatic rings. The second-order valence-electron chi connectivity index (χ2n) is 3.50. The summed E-state index contributed by atoms with van der Waals surface area (Å²) in [4.78, 5) is 0. The lowest BCUT2D eigenvalue weighted by Crippen LogP contribution is -2.23. The SMILES string of the molecule is C=CC(C)NCc1ccc(C)cc1Br. The van der Waals surface area contributed by atoms with Gasteiger partial charge in [-0.25, -0.2) is 0 Å². The molecule has 1 unspecified atom stereocenters. The number of benzene rings is 1. The first kappa shape index (κ1) is 11.5. The van der Waals surface area contributed by atoms with Gasteiger partial charge in [0.15, 0.2) is 0 Å². The standard InChI is InChI=1S/C12H16BrN/c1-4-10(3)14-8-11-6-5-9(2)7-12(11)13/h4-7,10,14H,1,8H2,2-3H3. The second-order valence-corrected chi connectivity index (χ2v) is 4.35. The van der Waals surface area contributed by atoms with Crippen molar-refractivity contribution in [2.45, 2.75) is 26.4 Å². The third-order valence-corrected chi connectivity index (χ3v) is 2.91. The Kier molecular flexibility index (Phi) is 4.36. The van der Waals surface area contributed by atoms with E-state index in [2.05, 4.69) is 59.9 Å². The van der Waals surface area contributed by atoms with Crippen molar-refractivity contribution >= 4 is 15.9 Å². The van der Waals surface area contributed by atoms with Crippen LogP contribution < -0.4 is 5.32 Å². The van der Waals surface area contributed by atoms with Crippen LogP contribution in [0.5, 0.6) is 0 Å². The minimum absolute atomic E-state index is 0.350. The van der Waals surface area contributed by atoms with E-state index in [0.29, 0.717) is 6.04 Å². The summed E-state index contributed by atoms with van der Waals surface area (Å²) in [6.07, 6.45) is 1.90. The van der Waals surface area contributed by atoms with Crippen LogP contribution in [-0.2, 0) is 6.54 Å². The Bertz CT molecular complexity index is 320. The van der Waals surface area contributed by atoms with Gasteiger partial charge in [-0.1, -0.05) is 34.1 Å². The maximum atomic E-state index is 3.74. The molecule has 0 aromatic heterocycles. The average Bonchev–Trinajstić information content (AvgIpc) is 2.16. The van der Waals surface area contributed by atoms with E-state index in [9.17, 15) is 0 Å². The van der Waals surface area contributed by atoms with Crippen LogP contribution in [0.15, 0.2) is 35.3 Å². The Morgan fingerprint density at radius 2 is 2.29 bits per heavy atom. The van der Waals surface area contributed by atoms with Gasteiger partial charge in [0.2, 0.25) is 0 Å². The third-order valence-electron chi connectivity index (χ3n) is 2.18. The van der Waals surface area contributed by atoms with Gasteiger partial charge in [0.25, 0.3) is 0 Å². The van der Waals surface area contributed by atoms with Crippen molar-refractivity contribution in [1.82, 2.24) is 5.32 Å². The molecule has 0 aliphatic heterocycles. The monoisotopic (exact) mass is 253 g/mol. The molecule has 0 bridgehead atoms. The van der Waals surface area contributed by atoms with E-state index in [1.165, 1.54) is 15.6 Å². The molecule has 0 radical (unpaired) electrons. The van der Waals surface area contributed by atoms with Crippen LogP contribution >= 0.6 is 15.9 Å². The van der Waals surface area contributed by atoms with E-state index in [4.69, 9.17) is 0 Å². The van der Waals surface area contributed by atoms with E-state index in [1.807, 2.05) is 6.08 Å². The molecule has 0 amide bonds. The topological polar surface area (TPSA) is 12.0 Å². The second kappa shape index (κ2) is 5.32. The van der Waals surface area contributed by atoms with Gasteiger partial charge in [-0.2, -0.15) is 0 Å². The fraction of sp³-hybridized carbons (Fsp3) is 0.333. The summed E-state index contributed by atoms with van der Waals surface area (Å²) in [5.41, 5.74) is 2.56. The van der Waals surface area contributed by atoms with Crippen molar-refractivity contribution in [3.05, 3.63) is 46.5 Å². The minimum Gasteiger partial charge on any atom is -0.307 e. The van der Waals surface area contributed by atoms with Crippen molar-refractivity contribution in [1.29, 1.82) is 0 Å². The van der Waals surface area contributed by atoms with E-state index in [-0.39, 0.29) is 0 Å². The van der Waals surface area contributed by atoms with Gasteiger partial charge < -0.3 is 5.32 Å². The molecule has 0 saturated heterocycles. The van der Waals surface area contributed by atoms with Crippen LogP contribution in [-0.4, -0.2) is 6.04 Å². The molecular formula is C12H16BrN. The molecule has 0 heterocycles. The summed E-state index contributed by atoms with van der Waals surface area (Å²) in [5.74, 6) is 0. The molecule has 1 rings (SSSR count). The van der Waals surface area contributed by atoms with Crippen molar-refractivity contribution in [3.8, 4) is 0 Å². The molecule has 2 heteroatoms. The normalized spacial score (nSPS) is 12.5. The van der Waals surface area contributed by atoms with Gasteiger partial charge >= 0.3 is 0 Å². The first-order valence-electron chi connectivity index (χ1n) is 4.74. The summed E-state index contributed by atoms with van der Waals surface area (Å²) in [6.45, 7) is 8.79. The van der Waals surface area contributed by atoms with Gasteiger partial charge in [-0.15, -0.1) is 6.58 Å². The number of hydrogen-bond donors (Lipinski definition) is 1. The maximum absolute atomic E-state index is 3.74. The lowest BCUT2D eigenvalue weighted by molar-refractivity contribution is 0.633. The highest BCUT2D eigenvalue weighted by Gasteiger charge is 2.00. The maximum Gasteiger partial charge on any atom is 0.0222 e. The van der Waals surface area contributed by atoms with E-state index in [0.717, 1.165) is 6.54 Å². The number of aryl methyl sites for hydroxylation is 1. The smallest absolute Gasteiger partial charge is 0.0222 e. The molecular weight excluding hydrogens is 238 g/mol. The number of halogens is 1. The number of hydrogen-bond acceptors (Lipinski definition) is 1. The summed E-state index contributed by atoms with van der Waals surface area (Å²) < 4.78 is 1.17. The molecule has 1 nitrogen and oxygen atoms in total. The highest BCUT2D eigenvalue weighted by molar-refractivity contribution is 9.10. The summed E-state index contributed by atoms with van der Waals surface area (Å²) in [6, 6.07) is 6.75. The largest absolute Gasteiger partial charge is 0.307 e. The zero-order valence-electron chi connectivity index (χ0n) is 8.68. The Labute approximate surface area is 94.3 Å². The molecule has 0 spiro atoms. The molecule has 76 valence electrons. The zero-order valence-corrected chi connectivity index (χ0v) is 10.3. The molecule has 1 aromatic carbocycles. The van der Waals surface area contributed by atoms with Crippen LogP contribution in [0.2, 0.25) is 0 Å². The van der Waals surface area contributed by atoms with Gasteiger partial charge in [0, 0.05) is 17.1 Å². The van der Waals surface area contributed by atoms with Crippen LogP contribution in [0.3, 0.4) is 0 Å². The Morgan fingerprint density at radius 1 is 1.57 bits per heavy atom. The number of nitrogens with one attached hydrogen (secondary N) is 1. The van der Waals surface area contributed by atoms with Crippen LogP contribution in [0.4, 0.5) is 0 Å². The van der Waals surface area contributed by atoms with Crippen molar-refractivity contribution < 1.29 is 0 Å². The first-order chi connectivity index (χ1) is 6.63. The van der Waals surface area contributed by atoms with Gasteiger partial charge in [0.05, 0.1) is 0 Å². The van der Waals surface area contributed by atoms with E-state index >= 15 is 0 Å². The van der Waals surface area contributed by atoms with Gasteiger partial charge in [0.1, 0.15) is 0 Å². The van der Waals surface area contributed by atoms with Crippen molar-refractivity contribution in [2.75, 3.05) is 0 Å². The Balaban J connectivity index is 2.63. The minimum atomic E-state index is 0.350. The fourth-order valence-electron chi connectivity index (χ4n) is 1.15. The first-order valence-corrected chi connectivity index (χ1v) is 5.53. The van der Waals surface area contributed by atoms with E-state index < -0.39 is 0 Å². The molecule has 1 N–H and O–H groups in total. The van der Waals surface area contributed by atoms with E-state index in [1.54, 1.807) is 0 Å². The molecule has 1 atom stereocenters. The van der Waals surface area contributed by atoms with Gasteiger partial charge in [-0.05, 0) is 31.0 Å². The number of rotatable bonds is 4. The summed E-state index contributed by atoms with van der Waals surface area (Å²) >= 11 is 3.55. The summed E-state index contributed by atoms with van der Waals surface area (Å²) in [7, 11) is 0. The van der Waals surface area contributed by atoms with Crippen LogP contribution in [0.25, 0.3) is 0 Å². The predicted molar refractivity (Wildman–Crippen MR) is 65.4 cm³/mol. The molecule has 0 aliphatic carbocycles. The fourth-order valence-corrected chi connectivity index (χ4v) is 1.78. The Morgan fingerprint density at radius 3 is 2.86 bits per heavy atom. The average molecular weight is 254 g/mol. The molecule has 1 aromatic rings. The highest BCUT2D eigenvalue weighted by Crippen LogP contribution is 2.18. The quantitative estimate of drug-likeness (QED) is 0.812. The van der Waals surface area contributed by atoms with Crippen molar-refractivity contribution in [3.63, 3.8) is 0 Å². The summed E-state index contributed by atoms with van der Waals surface area (Å²) in [5, 5.41) is 3.36. The Hall–Kier alpha value is -0.600. The highest BCUT2D eigenvalue weighted by atomic mass is 79.9. The lowest BCUT2D eigenvalue weighted by Gasteiger charge is -2.10. The molecule has 14 heavy (non-hydrogen) atoms. The van der Waals surface area contributed by atoms with Crippen LogP contribution in [0, 0.1) is 6.92 Å². The third kappa shape index (κ3) is 3.28.